The van der Waals surface area contributed by atoms with E-state index in [1.54, 1.807) is 0 Å². The van der Waals surface area contributed by atoms with Crippen molar-refractivity contribution in [2.45, 2.75) is 31.6 Å². The first-order valence-corrected chi connectivity index (χ1v) is 8.89. The van der Waals surface area contributed by atoms with Gasteiger partial charge in [0.25, 0.3) is 11.1 Å². The third-order valence-corrected chi connectivity index (χ3v) is 5.31. The Labute approximate surface area is 146 Å². The predicted octanol–water partition coefficient (Wildman–Crippen LogP) is 2.28. The summed E-state index contributed by atoms with van der Waals surface area (Å²) in [7, 11) is 0. The maximum Gasteiger partial charge on any atom is 0.300 e. The molecule has 4 nitrogen and oxygen atoms in total. The number of amidine groups is 1. The van der Waals surface area contributed by atoms with Crippen LogP contribution in [-0.4, -0.2) is 17.1 Å². The van der Waals surface area contributed by atoms with Crippen LogP contribution in [0.15, 0.2) is 48.5 Å². The van der Waals surface area contributed by atoms with Gasteiger partial charge in [0.05, 0.1) is 0 Å². The molecule has 1 aliphatic heterocycles. The van der Waals surface area contributed by atoms with Crippen LogP contribution in [0.1, 0.15) is 40.1 Å². The quantitative estimate of drug-likeness (QED) is 0.651. The maximum absolute atomic E-state index is 13.1. The van der Waals surface area contributed by atoms with Crippen molar-refractivity contribution in [2.24, 2.45) is 5.73 Å². The Kier molecular flexibility index (Phi) is 4.62. The molecule has 2 aromatic rings. The Morgan fingerprint density at radius 2 is 1.96 bits per heavy atom. The molecule has 0 aromatic heterocycles. The van der Waals surface area contributed by atoms with Crippen molar-refractivity contribution < 1.29 is 10.2 Å². The Morgan fingerprint density at radius 3 is 2.62 bits per heavy atom. The third kappa shape index (κ3) is 3.17. The van der Waals surface area contributed by atoms with E-state index < -0.39 is 0 Å². The van der Waals surface area contributed by atoms with Crippen molar-refractivity contribution in [1.82, 2.24) is 0 Å². The molecule has 0 bridgehead atoms. The van der Waals surface area contributed by atoms with Gasteiger partial charge in [-0.3, -0.25) is 15.9 Å². The first-order valence-electron chi connectivity index (χ1n) is 8.01. The van der Waals surface area contributed by atoms with Crippen LogP contribution in [-0.2, 0) is 0 Å². The predicted molar refractivity (Wildman–Crippen MR) is 100.0 cm³/mol. The number of thioether (sulfide) groups is 1. The number of amides is 1. The molecule has 0 fully saturated rings. The number of fused-ring (bicyclic) bond motifs is 1. The molecule has 0 radical (unpaired) electrons. The summed E-state index contributed by atoms with van der Waals surface area (Å²) in [6, 6.07) is 15.7. The summed E-state index contributed by atoms with van der Waals surface area (Å²) >= 11 is 1.47. The number of hydrogen-bond donors (Lipinski definition) is 2. The Balaban J connectivity index is 2.05. The molecule has 2 aromatic carbocycles. The molecule has 0 saturated carbocycles. The average Bonchev–Trinajstić information content (AvgIpc) is 2.55. The average molecular weight is 340 g/mol. The van der Waals surface area contributed by atoms with Crippen LogP contribution < -0.4 is 16.0 Å². The highest BCUT2D eigenvalue weighted by atomic mass is 32.2. The minimum absolute atomic E-state index is 0.0290. The molecule has 1 heterocycles. The second-order valence-corrected chi connectivity index (χ2v) is 7.47. The maximum atomic E-state index is 13.1. The van der Waals surface area contributed by atoms with E-state index >= 15 is 0 Å². The van der Waals surface area contributed by atoms with Gasteiger partial charge in [-0.2, -0.15) is 0 Å². The lowest BCUT2D eigenvalue weighted by atomic mass is 9.94. The van der Waals surface area contributed by atoms with Crippen LogP contribution in [0.3, 0.4) is 0 Å². The molecule has 2 atom stereocenters. The number of carbonyl (C=O) groups is 1. The largest absolute Gasteiger partial charge is 0.305 e. The molecule has 124 valence electrons. The summed E-state index contributed by atoms with van der Waals surface area (Å²) in [5.41, 5.74) is 9.66. The minimum atomic E-state index is 0.0290. The first-order chi connectivity index (χ1) is 11.5. The highest BCUT2D eigenvalue weighted by molar-refractivity contribution is 8.13. The fourth-order valence-corrected chi connectivity index (χ4v) is 4.26. The third-order valence-electron chi connectivity index (χ3n) is 4.30. The Morgan fingerprint density at radius 1 is 1.25 bits per heavy atom. The van der Waals surface area contributed by atoms with Gasteiger partial charge in [0.1, 0.15) is 0 Å². The second-order valence-electron chi connectivity index (χ2n) is 6.20. The Hall–Kier alpha value is -2.27. The van der Waals surface area contributed by atoms with Gasteiger partial charge in [0.2, 0.25) is 0 Å². The van der Waals surface area contributed by atoms with E-state index in [1.165, 1.54) is 11.8 Å². The second kappa shape index (κ2) is 6.69. The van der Waals surface area contributed by atoms with Crippen molar-refractivity contribution >= 4 is 28.5 Å². The van der Waals surface area contributed by atoms with Gasteiger partial charge >= 0.3 is 0 Å². The number of anilines is 1. The number of aryl methyl sites for hydroxylation is 1. The molecule has 4 N–H and O–H groups in total. The topological polar surface area (TPSA) is 71.9 Å². The summed E-state index contributed by atoms with van der Waals surface area (Å²) in [6.45, 7) is 4.13. The van der Waals surface area contributed by atoms with Crippen LogP contribution >= 0.6 is 11.8 Å². The molecule has 0 unspecified atom stereocenters. The van der Waals surface area contributed by atoms with E-state index in [-0.39, 0.29) is 17.2 Å². The van der Waals surface area contributed by atoms with Gasteiger partial charge in [-0.1, -0.05) is 35.9 Å². The van der Waals surface area contributed by atoms with E-state index in [0.717, 1.165) is 23.2 Å². The lowest BCUT2D eigenvalue weighted by Gasteiger charge is -2.39. The van der Waals surface area contributed by atoms with Gasteiger partial charge in [-0.15, -0.1) is 0 Å². The molecular weight excluding hydrogens is 318 g/mol. The molecule has 5 heteroatoms. The highest BCUT2D eigenvalue weighted by Crippen LogP contribution is 2.44. The summed E-state index contributed by atoms with van der Waals surface area (Å²) in [6.07, 6.45) is 0.817. The molecule has 24 heavy (non-hydrogen) atoms. The normalized spacial score (nSPS) is 19.7. The van der Waals surface area contributed by atoms with Crippen molar-refractivity contribution in [2.75, 3.05) is 4.90 Å². The lowest BCUT2D eigenvalue weighted by molar-refractivity contribution is -0.110. The van der Waals surface area contributed by atoms with E-state index in [4.69, 9.17) is 11.1 Å². The zero-order chi connectivity index (χ0) is 17.3. The zero-order valence-corrected chi connectivity index (χ0v) is 14.7. The van der Waals surface area contributed by atoms with E-state index in [2.05, 4.69) is 19.9 Å². The van der Waals surface area contributed by atoms with Gasteiger partial charge in [-0.25, -0.2) is 0 Å². The van der Waals surface area contributed by atoms with Gasteiger partial charge < -0.3 is 4.90 Å². The first kappa shape index (κ1) is 16.6. The lowest BCUT2D eigenvalue weighted by Crippen LogP contribution is -2.46. The number of benzene rings is 2. The summed E-state index contributed by atoms with van der Waals surface area (Å²) in [5, 5.41) is 6.26. The van der Waals surface area contributed by atoms with Crippen LogP contribution in [0.2, 0.25) is 0 Å². The smallest absolute Gasteiger partial charge is 0.300 e. The van der Waals surface area contributed by atoms with E-state index in [0.29, 0.717) is 10.7 Å². The fraction of sp³-hybridized carbons (Fsp3) is 0.263. The van der Waals surface area contributed by atoms with Crippen LogP contribution in [0, 0.1) is 6.92 Å². The van der Waals surface area contributed by atoms with Crippen molar-refractivity contribution in [1.29, 1.82) is 0 Å². The molecule has 0 spiro atoms. The SMILES string of the molecule is Cc1ccc2c(c1)[C@@H](SC(N)=[NH2+])C[C@@H](C)N2C(=O)c1ccccc1. The van der Waals surface area contributed by atoms with Crippen molar-refractivity contribution in [3.63, 3.8) is 0 Å². The molecule has 1 amide bonds. The number of hydrogen-bond acceptors (Lipinski definition) is 2. The van der Waals surface area contributed by atoms with E-state index in [1.807, 2.05) is 47.4 Å². The Bertz CT molecular complexity index is 775. The minimum Gasteiger partial charge on any atom is -0.305 e. The molecule has 1 aliphatic rings. The van der Waals surface area contributed by atoms with Gasteiger partial charge in [0, 0.05) is 22.5 Å². The summed E-state index contributed by atoms with van der Waals surface area (Å²) < 4.78 is 0. The number of carbonyl (C=O) groups excluding carboxylic acids is 1. The highest BCUT2D eigenvalue weighted by Gasteiger charge is 2.35. The molecule has 0 aliphatic carbocycles. The fourth-order valence-electron chi connectivity index (χ4n) is 3.24. The zero-order valence-electron chi connectivity index (χ0n) is 13.9. The number of nitrogens with two attached hydrogens (primary N) is 2. The summed E-state index contributed by atoms with van der Waals surface area (Å²) in [5.74, 6) is 0.0290. The van der Waals surface area contributed by atoms with Gasteiger partial charge in [-0.05, 0) is 55.8 Å². The molecular formula is C19H22N3OS+. The standard InChI is InChI=1S/C19H21N3OS/c1-12-8-9-16-15(10-12)17(24-19(20)21)11-13(2)22(16)18(23)14-6-4-3-5-7-14/h3-10,13,17H,11H2,1-2H3,(H3,20,21)/p+1/t13-,17+/m1/s1. The van der Waals surface area contributed by atoms with E-state index in [9.17, 15) is 4.79 Å². The van der Waals surface area contributed by atoms with Crippen LogP contribution in [0.25, 0.3) is 0 Å². The van der Waals surface area contributed by atoms with Crippen LogP contribution in [0.5, 0.6) is 0 Å². The van der Waals surface area contributed by atoms with Crippen LogP contribution in [0.4, 0.5) is 5.69 Å². The molecule has 3 rings (SSSR count). The number of rotatable bonds is 2. The van der Waals surface area contributed by atoms with Gasteiger partial charge in [0.15, 0.2) is 0 Å². The summed E-state index contributed by atoms with van der Waals surface area (Å²) in [4.78, 5) is 14.9. The van der Waals surface area contributed by atoms with Crippen molar-refractivity contribution in [3.05, 3.63) is 65.2 Å². The van der Waals surface area contributed by atoms with Crippen molar-refractivity contribution in [3.8, 4) is 0 Å². The number of nitrogens with zero attached hydrogens (tertiary/aromatic N) is 1. The molecule has 0 saturated heterocycles. The monoisotopic (exact) mass is 340 g/mol.